The summed E-state index contributed by atoms with van der Waals surface area (Å²) < 4.78 is 1.09. The summed E-state index contributed by atoms with van der Waals surface area (Å²) in [5.74, 6) is 0. The summed E-state index contributed by atoms with van der Waals surface area (Å²) in [6, 6.07) is 6.54. The van der Waals surface area contributed by atoms with E-state index in [0.29, 0.717) is 6.04 Å². The monoisotopic (exact) mass is 338 g/mol. The van der Waals surface area contributed by atoms with Crippen LogP contribution in [0.1, 0.15) is 37.1 Å². The summed E-state index contributed by atoms with van der Waals surface area (Å²) >= 11 is 5.37. The number of rotatable bonds is 7. The molecule has 0 amide bonds. The van der Waals surface area contributed by atoms with Gasteiger partial charge in [0.25, 0.3) is 0 Å². The van der Waals surface area contributed by atoms with Gasteiger partial charge in [0.2, 0.25) is 0 Å². The second kappa shape index (κ2) is 7.78. The zero-order valence-corrected chi connectivity index (χ0v) is 13.5. The van der Waals surface area contributed by atoms with Crippen molar-refractivity contribution < 1.29 is 0 Å². The number of nitrogens with one attached hydrogen (secondary N) is 1. The van der Waals surface area contributed by atoms with E-state index in [0.717, 1.165) is 36.0 Å². The molecule has 1 N–H and O–H groups in total. The van der Waals surface area contributed by atoms with E-state index in [1.54, 1.807) is 11.3 Å². The molecule has 0 saturated heterocycles. The lowest BCUT2D eigenvalue weighted by Crippen LogP contribution is -2.24. The molecule has 0 radical (unpaired) electrons. The molecule has 0 aromatic carbocycles. The van der Waals surface area contributed by atoms with Crippen molar-refractivity contribution in [1.29, 1.82) is 0 Å². The molecule has 0 fully saturated rings. The zero-order valence-electron chi connectivity index (χ0n) is 11.1. The summed E-state index contributed by atoms with van der Waals surface area (Å²) in [6.45, 7) is 3.22. The van der Waals surface area contributed by atoms with Gasteiger partial charge in [-0.2, -0.15) is 11.3 Å². The maximum absolute atomic E-state index is 4.52. The molecule has 0 spiro atoms. The van der Waals surface area contributed by atoms with Crippen LogP contribution in [0.5, 0.6) is 0 Å². The number of hydrogen-bond acceptors (Lipinski definition) is 3. The van der Waals surface area contributed by atoms with Crippen molar-refractivity contribution in [1.82, 2.24) is 10.3 Å². The topological polar surface area (TPSA) is 24.9 Å². The largest absolute Gasteiger partial charge is 0.309 e. The van der Waals surface area contributed by atoms with Crippen molar-refractivity contribution in [2.45, 2.75) is 32.2 Å². The SMILES string of the molecule is CCCNC(CCc1ccsc1)c1ncccc1Br. The lowest BCUT2D eigenvalue weighted by Gasteiger charge is -2.19. The highest BCUT2D eigenvalue weighted by atomic mass is 79.9. The van der Waals surface area contributed by atoms with Crippen molar-refractivity contribution in [3.05, 3.63) is 50.9 Å². The van der Waals surface area contributed by atoms with Crippen molar-refractivity contribution in [2.75, 3.05) is 6.54 Å². The first-order valence-electron chi connectivity index (χ1n) is 6.66. The van der Waals surface area contributed by atoms with Gasteiger partial charge >= 0.3 is 0 Å². The van der Waals surface area contributed by atoms with Gasteiger partial charge in [-0.05, 0) is 76.3 Å². The average molecular weight is 339 g/mol. The van der Waals surface area contributed by atoms with Crippen LogP contribution in [-0.2, 0) is 6.42 Å². The van der Waals surface area contributed by atoms with Crippen LogP contribution in [0.3, 0.4) is 0 Å². The van der Waals surface area contributed by atoms with Gasteiger partial charge in [0.15, 0.2) is 0 Å². The molecule has 2 aromatic rings. The summed E-state index contributed by atoms with van der Waals surface area (Å²) in [6.07, 6.45) is 5.17. The van der Waals surface area contributed by atoms with Gasteiger partial charge in [-0.1, -0.05) is 6.92 Å². The molecule has 0 bridgehead atoms. The lowest BCUT2D eigenvalue weighted by molar-refractivity contribution is 0.487. The Morgan fingerprint density at radius 2 is 2.32 bits per heavy atom. The molecule has 0 aliphatic heterocycles. The van der Waals surface area contributed by atoms with Gasteiger partial charge in [0.1, 0.15) is 0 Å². The lowest BCUT2D eigenvalue weighted by atomic mass is 10.0. The summed E-state index contributed by atoms with van der Waals surface area (Å²) in [5, 5.41) is 7.97. The number of halogens is 1. The van der Waals surface area contributed by atoms with E-state index < -0.39 is 0 Å². The molecule has 2 aromatic heterocycles. The van der Waals surface area contributed by atoms with Crippen molar-refractivity contribution in [2.24, 2.45) is 0 Å². The molecule has 2 nitrogen and oxygen atoms in total. The fraction of sp³-hybridized carbons (Fsp3) is 0.400. The molecule has 2 heterocycles. The highest BCUT2D eigenvalue weighted by Crippen LogP contribution is 2.25. The number of aromatic nitrogens is 1. The number of aryl methyl sites for hydroxylation is 1. The van der Waals surface area contributed by atoms with Gasteiger partial charge in [-0.3, -0.25) is 4.98 Å². The van der Waals surface area contributed by atoms with Crippen LogP contribution in [-0.4, -0.2) is 11.5 Å². The maximum atomic E-state index is 4.52. The van der Waals surface area contributed by atoms with Crippen LogP contribution >= 0.6 is 27.3 Å². The molecule has 0 aliphatic rings. The van der Waals surface area contributed by atoms with E-state index in [1.165, 1.54) is 5.56 Å². The quantitative estimate of drug-likeness (QED) is 0.799. The number of thiophene rings is 1. The Hall–Kier alpha value is -0.710. The molecule has 19 heavy (non-hydrogen) atoms. The Morgan fingerprint density at radius 3 is 3.00 bits per heavy atom. The molecule has 1 unspecified atom stereocenters. The van der Waals surface area contributed by atoms with Gasteiger partial charge in [-0.15, -0.1) is 0 Å². The Balaban J connectivity index is 2.05. The molecule has 4 heteroatoms. The standard InChI is InChI=1S/C15H19BrN2S/c1-2-8-17-14(6-5-12-7-10-19-11-12)15-13(16)4-3-9-18-15/h3-4,7,9-11,14,17H,2,5-6,8H2,1H3. The Kier molecular flexibility index (Phi) is 6.01. The predicted octanol–water partition coefficient (Wildman–Crippen LogP) is 4.58. The highest BCUT2D eigenvalue weighted by molar-refractivity contribution is 9.10. The first kappa shape index (κ1) is 14.7. The summed E-state index contributed by atoms with van der Waals surface area (Å²) in [5.41, 5.74) is 2.53. The molecule has 2 rings (SSSR count). The molecule has 0 aliphatic carbocycles. The number of nitrogens with zero attached hydrogens (tertiary/aromatic N) is 1. The van der Waals surface area contributed by atoms with Crippen molar-refractivity contribution >= 4 is 27.3 Å². The number of hydrogen-bond donors (Lipinski definition) is 1. The van der Waals surface area contributed by atoms with Gasteiger partial charge < -0.3 is 5.32 Å². The molecule has 0 saturated carbocycles. The van der Waals surface area contributed by atoms with Gasteiger partial charge in [0, 0.05) is 10.7 Å². The second-order valence-corrected chi connectivity index (χ2v) is 6.18. The first-order chi connectivity index (χ1) is 9.31. The van der Waals surface area contributed by atoms with Crippen LogP contribution in [0.2, 0.25) is 0 Å². The molecule has 1 atom stereocenters. The average Bonchev–Trinajstić information content (AvgIpc) is 2.93. The van der Waals surface area contributed by atoms with Crippen LogP contribution in [0, 0.1) is 0 Å². The fourth-order valence-electron chi connectivity index (χ4n) is 2.05. The van der Waals surface area contributed by atoms with E-state index >= 15 is 0 Å². The first-order valence-corrected chi connectivity index (χ1v) is 8.39. The third kappa shape index (κ3) is 4.41. The molecular weight excluding hydrogens is 320 g/mol. The highest BCUT2D eigenvalue weighted by Gasteiger charge is 2.15. The third-order valence-corrected chi connectivity index (χ3v) is 4.46. The smallest absolute Gasteiger partial charge is 0.0714 e. The predicted molar refractivity (Wildman–Crippen MR) is 85.6 cm³/mol. The minimum Gasteiger partial charge on any atom is -0.309 e. The van der Waals surface area contributed by atoms with Crippen molar-refractivity contribution in [3.63, 3.8) is 0 Å². The third-order valence-electron chi connectivity index (χ3n) is 3.06. The Bertz CT molecular complexity index is 485. The van der Waals surface area contributed by atoms with Crippen molar-refractivity contribution in [3.8, 4) is 0 Å². The second-order valence-electron chi connectivity index (χ2n) is 4.55. The van der Waals surface area contributed by atoms with Crippen LogP contribution in [0.15, 0.2) is 39.6 Å². The van der Waals surface area contributed by atoms with Crippen LogP contribution in [0.25, 0.3) is 0 Å². The fourth-order valence-corrected chi connectivity index (χ4v) is 3.29. The van der Waals surface area contributed by atoms with Crippen LogP contribution in [0.4, 0.5) is 0 Å². The normalized spacial score (nSPS) is 12.5. The molecule has 102 valence electrons. The van der Waals surface area contributed by atoms with E-state index in [1.807, 2.05) is 12.3 Å². The van der Waals surface area contributed by atoms with E-state index in [4.69, 9.17) is 0 Å². The number of pyridine rings is 1. The van der Waals surface area contributed by atoms with Gasteiger partial charge in [-0.25, -0.2) is 0 Å². The summed E-state index contributed by atoms with van der Waals surface area (Å²) in [7, 11) is 0. The van der Waals surface area contributed by atoms with E-state index in [-0.39, 0.29) is 0 Å². The van der Waals surface area contributed by atoms with Gasteiger partial charge in [0.05, 0.1) is 11.7 Å². The van der Waals surface area contributed by atoms with E-state index in [9.17, 15) is 0 Å². The Labute approximate surface area is 127 Å². The maximum Gasteiger partial charge on any atom is 0.0714 e. The minimum atomic E-state index is 0.315. The summed E-state index contributed by atoms with van der Waals surface area (Å²) in [4.78, 5) is 4.52. The van der Waals surface area contributed by atoms with E-state index in [2.05, 4.69) is 56.0 Å². The Morgan fingerprint density at radius 1 is 1.42 bits per heavy atom. The molecular formula is C15H19BrN2S. The minimum absolute atomic E-state index is 0.315. The zero-order chi connectivity index (χ0) is 13.5. The van der Waals surface area contributed by atoms with Crippen LogP contribution < -0.4 is 5.32 Å².